The molecule has 24 heavy (non-hydrogen) atoms. The first-order chi connectivity index (χ1) is 11.3. The smallest absolute Gasteiger partial charge is 0.251 e. The second-order valence-electron chi connectivity index (χ2n) is 6.85. The van der Waals surface area contributed by atoms with Gasteiger partial charge in [-0.1, -0.05) is 19.9 Å². The van der Waals surface area contributed by atoms with Crippen LogP contribution in [0.15, 0.2) is 23.1 Å². The van der Waals surface area contributed by atoms with Crippen LogP contribution in [-0.2, 0) is 10.0 Å². The van der Waals surface area contributed by atoms with Gasteiger partial charge in [-0.05, 0) is 56.7 Å². The highest BCUT2D eigenvalue weighted by Crippen LogP contribution is 2.25. The summed E-state index contributed by atoms with van der Waals surface area (Å²) in [6, 6.07) is 4.88. The van der Waals surface area contributed by atoms with E-state index in [1.165, 1.54) is 10.4 Å². The van der Waals surface area contributed by atoms with E-state index in [1.807, 2.05) is 20.8 Å². The van der Waals surface area contributed by atoms with Crippen LogP contribution in [-0.4, -0.2) is 37.8 Å². The highest BCUT2D eigenvalue weighted by Gasteiger charge is 2.29. The van der Waals surface area contributed by atoms with E-state index in [0.29, 0.717) is 24.6 Å². The molecule has 134 valence electrons. The molecule has 1 amide bonds. The van der Waals surface area contributed by atoms with E-state index in [9.17, 15) is 13.2 Å². The summed E-state index contributed by atoms with van der Waals surface area (Å²) in [6.45, 7) is 8.99. The van der Waals surface area contributed by atoms with E-state index in [2.05, 4.69) is 12.2 Å². The average molecular weight is 353 g/mol. The van der Waals surface area contributed by atoms with Gasteiger partial charge in [0.1, 0.15) is 0 Å². The zero-order valence-corrected chi connectivity index (χ0v) is 15.8. The molecule has 5 nitrogen and oxygen atoms in total. The first-order valence-electron chi connectivity index (χ1n) is 8.67. The van der Waals surface area contributed by atoms with Crippen molar-refractivity contribution < 1.29 is 13.2 Å². The maximum absolute atomic E-state index is 12.9. The summed E-state index contributed by atoms with van der Waals surface area (Å²) in [5, 5.41) is 2.90. The topological polar surface area (TPSA) is 66.5 Å². The van der Waals surface area contributed by atoms with E-state index < -0.39 is 10.0 Å². The average Bonchev–Trinajstić information content (AvgIpc) is 2.55. The van der Waals surface area contributed by atoms with Crippen LogP contribution in [0.2, 0.25) is 0 Å². The molecular weight excluding hydrogens is 324 g/mol. The van der Waals surface area contributed by atoms with E-state index >= 15 is 0 Å². The maximum Gasteiger partial charge on any atom is 0.251 e. The Morgan fingerprint density at radius 2 is 1.96 bits per heavy atom. The molecule has 1 fully saturated rings. The molecule has 0 radical (unpaired) electrons. The molecule has 6 heteroatoms. The van der Waals surface area contributed by atoms with E-state index in [1.54, 1.807) is 12.1 Å². The van der Waals surface area contributed by atoms with Gasteiger partial charge >= 0.3 is 0 Å². The Morgan fingerprint density at radius 3 is 2.54 bits per heavy atom. The highest BCUT2D eigenvalue weighted by molar-refractivity contribution is 7.89. The molecule has 1 aromatic rings. The number of carbonyl (C=O) groups excluding carboxylic acids is 1. The van der Waals surface area contributed by atoms with Crippen LogP contribution in [0.25, 0.3) is 0 Å². The molecule has 0 spiro atoms. The molecular formula is C18H28N2O3S. The second kappa shape index (κ2) is 7.66. The summed E-state index contributed by atoms with van der Waals surface area (Å²) in [7, 11) is -3.54. The number of nitrogens with zero attached hydrogens (tertiary/aromatic N) is 1. The van der Waals surface area contributed by atoms with Crippen molar-refractivity contribution in [1.82, 2.24) is 9.62 Å². The lowest BCUT2D eigenvalue weighted by atomic mass is 10.0. The summed E-state index contributed by atoms with van der Waals surface area (Å²) in [5.41, 5.74) is 1.21. The van der Waals surface area contributed by atoms with E-state index in [-0.39, 0.29) is 16.8 Å². The molecule has 1 unspecified atom stereocenters. The summed E-state index contributed by atoms with van der Waals surface area (Å²) < 4.78 is 27.2. The Hall–Kier alpha value is -1.40. The first-order valence-corrected chi connectivity index (χ1v) is 10.1. The molecule has 2 rings (SSSR count). The van der Waals surface area contributed by atoms with Gasteiger partial charge in [-0.3, -0.25) is 4.79 Å². The summed E-state index contributed by atoms with van der Waals surface area (Å²) >= 11 is 0. The van der Waals surface area contributed by atoms with Gasteiger partial charge in [0.05, 0.1) is 4.90 Å². The number of rotatable bonds is 5. The van der Waals surface area contributed by atoms with Gasteiger partial charge in [0, 0.05) is 24.7 Å². The molecule has 1 saturated heterocycles. The fraction of sp³-hybridized carbons (Fsp3) is 0.611. The molecule has 1 aromatic carbocycles. The first kappa shape index (κ1) is 18.9. The molecule has 1 heterocycles. The standard InChI is InChI=1S/C18H28N2O3S/c1-5-15(4)19-18(21)17-12-16(7-6-14(17)3)24(22,23)20-10-8-13(2)9-11-20/h6-7,12-13,15H,5,8-11H2,1-4H3,(H,19,21). The minimum atomic E-state index is -3.54. The van der Waals surface area contributed by atoms with Crippen molar-refractivity contribution in [1.29, 1.82) is 0 Å². The van der Waals surface area contributed by atoms with Crippen molar-refractivity contribution in [2.75, 3.05) is 13.1 Å². The van der Waals surface area contributed by atoms with Crippen molar-refractivity contribution in [3.05, 3.63) is 29.3 Å². The fourth-order valence-corrected chi connectivity index (χ4v) is 4.28. The minimum Gasteiger partial charge on any atom is -0.350 e. The predicted octanol–water partition coefficient (Wildman–Crippen LogP) is 2.94. The molecule has 1 aliphatic rings. The lowest BCUT2D eigenvalue weighted by molar-refractivity contribution is 0.0938. The molecule has 1 N–H and O–H groups in total. The van der Waals surface area contributed by atoms with Crippen molar-refractivity contribution in [2.24, 2.45) is 5.92 Å². The van der Waals surface area contributed by atoms with Crippen LogP contribution in [0.1, 0.15) is 56.0 Å². The third-order valence-corrected chi connectivity index (χ3v) is 6.72. The van der Waals surface area contributed by atoms with Gasteiger partial charge in [0.15, 0.2) is 0 Å². The maximum atomic E-state index is 12.9. The Balaban J connectivity index is 2.28. The largest absolute Gasteiger partial charge is 0.350 e. The highest BCUT2D eigenvalue weighted by atomic mass is 32.2. The quantitative estimate of drug-likeness (QED) is 0.886. The third kappa shape index (κ3) is 4.16. The van der Waals surface area contributed by atoms with Gasteiger partial charge < -0.3 is 5.32 Å². The van der Waals surface area contributed by atoms with Crippen LogP contribution in [0.5, 0.6) is 0 Å². The second-order valence-corrected chi connectivity index (χ2v) is 8.78. The fourth-order valence-electron chi connectivity index (χ4n) is 2.78. The van der Waals surface area contributed by atoms with Crippen LogP contribution < -0.4 is 5.32 Å². The summed E-state index contributed by atoms with van der Waals surface area (Å²) in [4.78, 5) is 12.6. The Kier molecular flexibility index (Phi) is 6.04. The zero-order chi connectivity index (χ0) is 17.9. The monoisotopic (exact) mass is 352 g/mol. The third-order valence-electron chi connectivity index (χ3n) is 4.82. The van der Waals surface area contributed by atoms with Crippen molar-refractivity contribution in [2.45, 2.75) is 57.9 Å². The Morgan fingerprint density at radius 1 is 1.33 bits per heavy atom. The van der Waals surface area contributed by atoms with Gasteiger partial charge in [0.25, 0.3) is 5.91 Å². The van der Waals surface area contributed by atoms with E-state index in [0.717, 1.165) is 24.8 Å². The number of sulfonamides is 1. The summed E-state index contributed by atoms with van der Waals surface area (Å²) in [5.74, 6) is 0.345. The number of carbonyl (C=O) groups is 1. The number of hydrogen-bond acceptors (Lipinski definition) is 3. The summed E-state index contributed by atoms with van der Waals surface area (Å²) in [6.07, 6.45) is 2.59. The molecule has 0 aliphatic carbocycles. The van der Waals surface area contributed by atoms with Crippen molar-refractivity contribution in [3.63, 3.8) is 0 Å². The lowest BCUT2D eigenvalue weighted by Gasteiger charge is -2.29. The van der Waals surface area contributed by atoms with Gasteiger partial charge in [-0.25, -0.2) is 8.42 Å². The number of nitrogens with one attached hydrogen (secondary N) is 1. The normalized spacial score (nSPS) is 18.3. The van der Waals surface area contributed by atoms with Crippen molar-refractivity contribution in [3.8, 4) is 0 Å². The Bertz CT molecular complexity index is 692. The van der Waals surface area contributed by atoms with Crippen LogP contribution in [0, 0.1) is 12.8 Å². The van der Waals surface area contributed by atoms with Gasteiger partial charge in [-0.15, -0.1) is 0 Å². The molecule has 0 aromatic heterocycles. The number of piperidine rings is 1. The number of hydrogen-bond donors (Lipinski definition) is 1. The van der Waals surface area contributed by atoms with Crippen LogP contribution in [0.4, 0.5) is 0 Å². The molecule has 0 bridgehead atoms. The van der Waals surface area contributed by atoms with E-state index in [4.69, 9.17) is 0 Å². The SMILES string of the molecule is CCC(C)NC(=O)c1cc(S(=O)(=O)N2CCC(C)CC2)ccc1C. The van der Waals surface area contributed by atoms with Crippen LogP contribution >= 0.6 is 0 Å². The molecule has 0 saturated carbocycles. The molecule has 1 atom stereocenters. The van der Waals surface area contributed by atoms with Gasteiger partial charge in [0.2, 0.25) is 10.0 Å². The van der Waals surface area contributed by atoms with Crippen LogP contribution in [0.3, 0.4) is 0 Å². The number of aryl methyl sites for hydroxylation is 1. The predicted molar refractivity (Wildman–Crippen MR) is 95.6 cm³/mol. The zero-order valence-electron chi connectivity index (χ0n) is 15.0. The minimum absolute atomic E-state index is 0.0562. The molecule has 1 aliphatic heterocycles. The Labute approximate surface area is 145 Å². The lowest BCUT2D eigenvalue weighted by Crippen LogP contribution is -2.38. The number of amides is 1. The van der Waals surface area contributed by atoms with Gasteiger partial charge in [-0.2, -0.15) is 4.31 Å². The number of benzene rings is 1. The van der Waals surface area contributed by atoms with Crippen molar-refractivity contribution >= 4 is 15.9 Å².